The quantitative estimate of drug-likeness (QED) is 0.844. The van der Waals surface area contributed by atoms with Gasteiger partial charge in [0.25, 0.3) is 0 Å². The standard InChI is InChI=1S/C23H29N3O3/c1-15(23(28)24-19-5-6-19)25-7-9-26(10-8-25)22(27)13-18-14-29-21-12-17-4-2-3-16(17)11-20(18)21/h11-12,14-15,19H,2-10,13H2,1H3,(H,24,28). The second-order valence-electron chi connectivity index (χ2n) is 8.78. The fraction of sp³-hybridized carbons (Fsp3) is 0.565. The minimum atomic E-state index is -0.132. The maximum absolute atomic E-state index is 12.9. The minimum absolute atomic E-state index is 0.115. The maximum atomic E-state index is 12.9. The van der Waals surface area contributed by atoms with E-state index < -0.39 is 0 Å². The summed E-state index contributed by atoms with van der Waals surface area (Å²) >= 11 is 0. The molecule has 3 aliphatic rings. The van der Waals surface area contributed by atoms with E-state index in [1.165, 1.54) is 17.5 Å². The van der Waals surface area contributed by atoms with Gasteiger partial charge in [0.15, 0.2) is 0 Å². The van der Waals surface area contributed by atoms with Crippen LogP contribution in [0.1, 0.15) is 42.9 Å². The Balaban J connectivity index is 1.19. The SMILES string of the molecule is CC(C(=O)NC1CC1)N1CCN(C(=O)Cc2coc3cc4c(cc23)CCC4)CC1. The highest BCUT2D eigenvalue weighted by molar-refractivity contribution is 5.89. The highest BCUT2D eigenvalue weighted by Gasteiger charge is 2.31. The van der Waals surface area contributed by atoms with Crippen molar-refractivity contribution in [3.63, 3.8) is 0 Å². The van der Waals surface area contributed by atoms with Crippen LogP contribution >= 0.6 is 0 Å². The molecule has 154 valence electrons. The molecule has 1 atom stereocenters. The van der Waals surface area contributed by atoms with Gasteiger partial charge in [-0.1, -0.05) is 0 Å². The van der Waals surface area contributed by atoms with Crippen LogP contribution < -0.4 is 5.32 Å². The van der Waals surface area contributed by atoms with E-state index in [0.717, 1.165) is 55.3 Å². The predicted octanol–water partition coefficient (Wildman–Crippen LogP) is 2.28. The van der Waals surface area contributed by atoms with Crippen molar-refractivity contribution in [1.29, 1.82) is 0 Å². The molecule has 5 rings (SSSR count). The number of rotatable bonds is 5. The van der Waals surface area contributed by atoms with E-state index in [1.54, 1.807) is 6.26 Å². The number of furan rings is 1. The lowest BCUT2D eigenvalue weighted by atomic mass is 10.0. The molecule has 1 saturated heterocycles. The third-order valence-corrected chi connectivity index (χ3v) is 6.73. The third-order valence-electron chi connectivity index (χ3n) is 6.73. The molecule has 0 radical (unpaired) electrons. The monoisotopic (exact) mass is 395 g/mol. The first-order valence-corrected chi connectivity index (χ1v) is 10.9. The summed E-state index contributed by atoms with van der Waals surface area (Å²) in [5.74, 6) is 0.257. The number of hydrogen-bond acceptors (Lipinski definition) is 4. The molecule has 1 aliphatic heterocycles. The lowest BCUT2D eigenvalue weighted by molar-refractivity contribution is -0.133. The van der Waals surface area contributed by atoms with Crippen molar-refractivity contribution in [3.05, 3.63) is 35.1 Å². The Labute approximate surface area is 171 Å². The van der Waals surface area contributed by atoms with Gasteiger partial charge in [0, 0.05) is 43.2 Å². The molecule has 6 nitrogen and oxygen atoms in total. The van der Waals surface area contributed by atoms with Crippen molar-refractivity contribution in [3.8, 4) is 0 Å². The molecular weight excluding hydrogens is 366 g/mol. The van der Waals surface area contributed by atoms with Crippen molar-refractivity contribution in [1.82, 2.24) is 15.1 Å². The zero-order chi connectivity index (χ0) is 20.0. The lowest BCUT2D eigenvalue weighted by Gasteiger charge is -2.37. The number of carbonyl (C=O) groups is 2. The summed E-state index contributed by atoms with van der Waals surface area (Å²) in [4.78, 5) is 29.3. The summed E-state index contributed by atoms with van der Waals surface area (Å²) < 4.78 is 5.75. The van der Waals surface area contributed by atoms with E-state index in [9.17, 15) is 9.59 Å². The Kier molecular flexibility index (Phi) is 4.82. The van der Waals surface area contributed by atoms with Crippen LogP contribution in [0.15, 0.2) is 22.8 Å². The molecule has 2 heterocycles. The van der Waals surface area contributed by atoms with Gasteiger partial charge in [-0.05, 0) is 62.3 Å². The van der Waals surface area contributed by atoms with Crippen molar-refractivity contribution in [2.24, 2.45) is 0 Å². The molecular formula is C23H29N3O3. The van der Waals surface area contributed by atoms with Gasteiger partial charge < -0.3 is 14.6 Å². The number of aryl methyl sites for hydroxylation is 2. The average Bonchev–Trinajstić information content (AvgIpc) is 3.29. The van der Waals surface area contributed by atoms with Crippen LogP contribution in [-0.4, -0.2) is 59.9 Å². The van der Waals surface area contributed by atoms with Gasteiger partial charge in [-0.15, -0.1) is 0 Å². The van der Waals surface area contributed by atoms with Gasteiger partial charge >= 0.3 is 0 Å². The zero-order valence-corrected chi connectivity index (χ0v) is 17.1. The van der Waals surface area contributed by atoms with Crippen molar-refractivity contribution >= 4 is 22.8 Å². The van der Waals surface area contributed by atoms with E-state index in [2.05, 4.69) is 22.3 Å². The average molecular weight is 396 g/mol. The molecule has 2 fully saturated rings. The van der Waals surface area contributed by atoms with Gasteiger partial charge in [-0.2, -0.15) is 0 Å². The molecule has 29 heavy (non-hydrogen) atoms. The number of nitrogens with zero attached hydrogens (tertiary/aromatic N) is 2. The maximum Gasteiger partial charge on any atom is 0.237 e. The Morgan fingerprint density at radius 1 is 1.14 bits per heavy atom. The van der Waals surface area contributed by atoms with Crippen LogP contribution in [0.4, 0.5) is 0 Å². The highest BCUT2D eigenvalue weighted by Crippen LogP contribution is 2.30. The Morgan fingerprint density at radius 2 is 1.86 bits per heavy atom. The summed E-state index contributed by atoms with van der Waals surface area (Å²) in [7, 11) is 0. The number of piperazine rings is 1. The van der Waals surface area contributed by atoms with Gasteiger partial charge in [-0.25, -0.2) is 0 Å². The van der Waals surface area contributed by atoms with Crippen molar-refractivity contribution in [2.45, 2.75) is 57.5 Å². The normalized spacial score (nSPS) is 20.7. The van der Waals surface area contributed by atoms with E-state index in [4.69, 9.17) is 4.42 Å². The lowest BCUT2D eigenvalue weighted by Crippen LogP contribution is -2.55. The minimum Gasteiger partial charge on any atom is -0.464 e. The van der Waals surface area contributed by atoms with Gasteiger partial charge in [0.05, 0.1) is 18.7 Å². The number of benzene rings is 1. The van der Waals surface area contributed by atoms with Crippen molar-refractivity contribution < 1.29 is 14.0 Å². The first-order chi connectivity index (χ1) is 14.1. The molecule has 1 aromatic heterocycles. The molecule has 0 spiro atoms. The van der Waals surface area contributed by atoms with Crippen LogP contribution in [0.2, 0.25) is 0 Å². The number of carbonyl (C=O) groups excluding carboxylic acids is 2. The van der Waals surface area contributed by atoms with Gasteiger partial charge in [0.2, 0.25) is 11.8 Å². The molecule has 2 aliphatic carbocycles. The summed E-state index contributed by atoms with van der Waals surface area (Å²) in [5, 5.41) is 4.16. The van der Waals surface area contributed by atoms with E-state index in [0.29, 0.717) is 25.6 Å². The smallest absolute Gasteiger partial charge is 0.237 e. The first-order valence-electron chi connectivity index (χ1n) is 10.9. The van der Waals surface area contributed by atoms with Crippen molar-refractivity contribution in [2.75, 3.05) is 26.2 Å². The summed E-state index contributed by atoms with van der Waals surface area (Å²) in [6, 6.07) is 4.63. The molecule has 1 unspecified atom stereocenters. The fourth-order valence-electron chi connectivity index (χ4n) is 4.63. The molecule has 2 amide bonds. The number of nitrogens with one attached hydrogen (secondary N) is 1. The number of amides is 2. The summed E-state index contributed by atoms with van der Waals surface area (Å²) in [5.41, 5.74) is 4.67. The highest BCUT2D eigenvalue weighted by atomic mass is 16.3. The Morgan fingerprint density at radius 3 is 2.59 bits per heavy atom. The second kappa shape index (κ2) is 7.48. The fourth-order valence-corrected chi connectivity index (χ4v) is 4.63. The molecule has 2 aromatic rings. The zero-order valence-electron chi connectivity index (χ0n) is 17.1. The van der Waals surface area contributed by atoms with Crippen LogP contribution in [0.3, 0.4) is 0 Å². The van der Waals surface area contributed by atoms with Crippen LogP contribution in [0.25, 0.3) is 11.0 Å². The van der Waals surface area contributed by atoms with E-state index in [-0.39, 0.29) is 17.9 Å². The molecule has 1 aromatic carbocycles. The second-order valence-corrected chi connectivity index (χ2v) is 8.78. The van der Waals surface area contributed by atoms with Gasteiger partial charge in [0.1, 0.15) is 5.58 Å². The van der Waals surface area contributed by atoms with E-state index in [1.807, 2.05) is 11.8 Å². The topological polar surface area (TPSA) is 65.8 Å². The largest absolute Gasteiger partial charge is 0.464 e. The first kappa shape index (κ1) is 18.7. The molecule has 1 N–H and O–H groups in total. The molecule has 0 bridgehead atoms. The van der Waals surface area contributed by atoms with Gasteiger partial charge in [-0.3, -0.25) is 14.5 Å². The predicted molar refractivity (Wildman–Crippen MR) is 111 cm³/mol. The third kappa shape index (κ3) is 3.78. The molecule has 6 heteroatoms. The number of hydrogen-bond donors (Lipinski definition) is 1. The van der Waals surface area contributed by atoms with E-state index >= 15 is 0 Å². The van der Waals surface area contributed by atoms with Crippen LogP contribution in [0.5, 0.6) is 0 Å². The van der Waals surface area contributed by atoms with Crippen LogP contribution in [0, 0.1) is 0 Å². The summed E-state index contributed by atoms with van der Waals surface area (Å²) in [6.45, 7) is 4.79. The summed E-state index contributed by atoms with van der Waals surface area (Å²) in [6.07, 6.45) is 7.79. The Bertz CT molecular complexity index is 938. The molecule has 1 saturated carbocycles. The number of fused-ring (bicyclic) bond motifs is 2. The van der Waals surface area contributed by atoms with Crippen LogP contribution in [-0.2, 0) is 28.9 Å². The Hall–Kier alpha value is -2.34.